The summed E-state index contributed by atoms with van der Waals surface area (Å²) < 4.78 is 1.24. The Balaban J connectivity index is 1.32. The molecule has 2 aromatic carbocycles. The molecule has 0 bridgehead atoms. The van der Waals surface area contributed by atoms with E-state index >= 15 is 0 Å². The van der Waals surface area contributed by atoms with Crippen molar-refractivity contribution in [1.29, 1.82) is 0 Å². The number of piperazine rings is 1. The average molecular weight is 432 g/mol. The number of thiazole rings is 1. The maximum absolute atomic E-state index is 12.5. The molecule has 4 rings (SSSR count). The number of halogens is 1. The number of anilines is 1. The summed E-state index contributed by atoms with van der Waals surface area (Å²) in [6.45, 7) is 5.33. The van der Waals surface area contributed by atoms with Crippen LogP contribution in [0, 0.1) is 0 Å². The van der Waals surface area contributed by atoms with E-state index in [0.29, 0.717) is 10.8 Å². The normalized spacial score (nSPS) is 14.6. The zero-order valence-electron chi connectivity index (χ0n) is 15.7. The maximum atomic E-state index is 12.5. The van der Waals surface area contributed by atoms with E-state index in [4.69, 9.17) is 16.6 Å². The van der Waals surface area contributed by atoms with Crippen LogP contribution in [-0.4, -0.2) is 47.7 Å². The largest absolute Gasteiger partial charge is 0.345 e. The second kappa shape index (κ2) is 8.72. The van der Waals surface area contributed by atoms with Gasteiger partial charge >= 0.3 is 0 Å². The lowest BCUT2D eigenvalue weighted by Crippen LogP contribution is -2.49. The van der Waals surface area contributed by atoms with E-state index in [1.165, 1.54) is 10.3 Å². The summed E-state index contributed by atoms with van der Waals surface area (Å²) in [4.78, 5) is 22.7. The van der Waals surface area contributed by atoms with Gasteiger partial charge in [-0.2, -0.15) is 0 Å². The third kappa shape index (κ3) is 4.45. The molecule has 3 aromatic rings. The fourth-order valence-electron chi connectivity index (χ4n) is 3.23. The van der Waals surface area contributed by atoms with Crippen LogP contribution in [0.1, 0.15) is 12.5 Å². The van der Waals surface area contributed by atoms with Gasteiger partial charge in [-0.05, 0) is 48.4 Å². The molecule has 1 aliphatic heterocycles. The van der Waals surface area contributed by atoms with Crippen LogP contribution in [0.3, 0.4) is 0 Å². The Morgan fingerprint density at radius 3 is 2.61 bits per heavy atom. The number of carbonyl (C=O) groups excluding carboxylic acids is 1. The summed E-state index contributed by atoms with van der Waals surface area (Å²) >= 11 is 9.22. The number of nitrogens with zero attached hydrogens (tertiary/aromatic N) is 3. The van der Waals surface area contributed by atoms with Gasteiger partial charge in [0, 0.05) is 36.1 Å². The van der Waals surface area contributed by atoms with Gasteiger partial charge in [0.15, 0.2) is 5.13 Å². The van der Waals surface area contributed by atoms with Gasteiger partial charge < -0.3 is 9.80 Å². The van der Waals surface area contributed by atoms with Crippen molar-refractivity contribution in [1.82, 2.24) is 9.88 Å². The summed E-state index contributed by atoms with van der Waals surface area (Å²) in [5.41, 5.74) is 2.41. The molecule has 1 amide bonds. The van der Waals surface area contributed by atoms with Crippen LogP contribution < -0.4 is 4.90 Å². The lowest BCUT2D eigenvalue weighted by molar-refractivity contribution is -0.128. The van der Waals surface area contributed by atoms with E-state index in [2.05, 4.69) is 30.0 Å². The van der Waals surface area contributed by atoms with Gasteiger partial charge in [0.1, 0.15) is 0 Å². The number of benzene rings is 2. The molecule has 4 nitrogen and oxygen atoms in total. The fourth-order valence-corrected chi connectivity index (χ4v) is 5.23. The summed E-state index contributed by atoms with van der Waals surface area (Å²) in [6.07, 6.45) is 1.04. The van der Waals surface area contributed by atoms with Crippen LogP contribution in [0.4, 0.5) is 5.13 Å². The highest BCUT2D eigenvalue weighted by Crippen LogP contribution is 2.30. The smallest absolute Gasteiger partial charge is 0.233 e. The second-order valence-corrected chi connectivity index (χ2v) is 9.26. The third-order valence-corrected chi connectivity index (χ3v) is 7.26. The molecular weight excluding hydrogens is 410 g/mol. The number of aryl methyl sites for hydroxylation is 1. The molecule has 0 aliphatic carbocycles. The van der Waals surface area contributed by atoms with Gasteiger partial charge in [-0.25, -0.2) is 4.98 Å². The quantitative estimate of drug-likeness (QED) is 0.535. The minimum Gasteiger partial charge on any atom is -0.345 e. The van der Waals surface area contributed by atoms with E-state index in [1.807, 2.05) is 29.2 Å². The van der Waals surface area contributed by atoms with Crippen molar-refractivity contribution in [2.24, 2.45) is 0 Å². The minimum absolute atomic E-state index is 0.191. The van der Waals surface area contributed by atoms with Crippen molar-refractivity contribution in [3.05, 3.63) is 53.1 Å². The predicted molar refractivity (Wildman–Crippen MR) is 120 cm³/mol. The number of amides is 1. The molecule has 1 saturated heterocycles. The van der Waals surface area contributed by atoms with Gasteiger partial charge in [-0.1, -0.05) is 35.9 Å². The number of aromatic nitrogens is 1. The number of hydrogen-bond acceptors (Lipinski definition) is 5. The van der Waals surface area contributed by atoms with E-state index < -0.39 is 0 Å². The fraction of sp³-hybridized carbons (Fsp3) is 0.333. The van der Waals surface area contributed by atoms with Crippen LogP contribution in [-0.2, 0) is 11.2 Å². The lowest BCUT2D eigenvalue weighted by Gasteiger charge is -2.34. The number of hydrogen-bond donors (Lipinski definition) is 0. The Bertz CT molecular complexity index is 965. The highest BCUT2D eigenvalue weighted by atomic mass is 35.5. The van der Waals surface area contributed by atoms with E-state index in [1.54, 1.807) is 23.1 Å². The van der Waals surface area contributed by atoms with E-state index in [9.17, 15) is 4.79 Å². The molecular formula is C21H22ClN3OS2. The molecule has 0 spiro atoms. The molecule has 2 heterocycles. The van der Waals surface area contributed by atoms with Crippen LogP contribution in [0.5, 0.6) is 0 Å². The molecule has 1 fully saturated rings. The highest BCUT2D eigenvalue weighted by molar-refractivity contribution is 8.00. The van der Waals surface area contributed by atoms with E-state index in [0.717, 1.165) is 48.1 Å². The molecule has 0 N–H and O–H groups in total. The molecule has 0 atom stereocenters. The van der Waals surface area contributed by atoms with Crippen molar-refractivity contribution in [3.63, 3.8) is 0 Å². The molecule has 0 unspecified atom stereocenters. The second-order valence-electron chi connectivity index (χ2n) is 6.76. The van der Waals surface area contributed by atoms with Crippen molar-refractivity contribution < 1.29 is 4.79 Å². The number of fused-ring (bicyclic) bond motifs is 1. The lowest BCUT2D eigenvalue weighted by atomic mass is 10.2. The monoisotopic (exact) mass is 431 g/mol. The Morgan fingerprint density at radius 2 is 1.89 bits per heavy atom. The molecule has 0 radical (unpaired) electrons. The molecule has 146 valence electrons. The van der Waals surface area contributed by atoms with Crippen molar-refractivity contribution in [2.45, 2.75) is 18.2 Å². The summed E-state index contributed by atoms with van der Waals surface area (Å²) in [7, 11) is 0. The molecule has 1 aromatic heterocycles. The van der Waals surface area contributed by atoms with Crippen LogP contribution in [0.15, 0.2) is 47.4 Å². The third-order valence-electron chi connectivity index (χ3n) is 4.93. The first kappa shape index (κ1) is 19.6. The number of thioether (sulfide) groups is 1. The van der Waals surface area contributed by atoms with Gasteiger partial charge in [0.2, 0.25) is 5.91 Å². The molecule has 1 aliphatic rings. The molecule has 28 heavy (non-hydrogen) atoms. The Labute approximate surface area is 178 Å². The first-order chi connectivity index (χ1) is 13.6. The predicted octanol–water partition coefficient (Wildman–Crippen LogP) is 4.95. The van der Waals surface area contributed by atoms with Gasteiger partial charge in [0.05, 0.1) is 16.0 Å². The van der Waals surface area contributed by atoms with Crippen LogP contribution in [0.2, 0.25) is 5.02 Å². The highest BCUT2D eigenvalue weighted by Gasteiger charge is 2.23. The average Bonchev–Trinajstić information content (AvgIpc) is 3.16. The Hall–Kier alpha value is -1.76. The SMILES string of the molecule is CCc1ccc2nc(N3CCN(C(=O)CSc4ccc(Cl)cc4)CC3)sc2c1. The topological polar surface area (TPSA) is 36.4 Å². The molecule has 7 heteroatoms. The number of rotatable bonds is 5. The first-order valence-corrected chi connectivity index (χ1v) is 11.6. The summed E-state index contributed by atoms with van der Waals surface area (Å²) in [5.74, 6) is 0.652. The van der Waals surface area contributed by atoms with Crippen molar-refractivity contribution >= 4 is 56.0 Å². The van der Waals surface area contributed by atoms with Gasteiger partial charge in [-0.3, -0.25) is 4.79 Å². The first-order valence-electron chi connectivity index (χ1n) is 9.43. The Kier molecular flexibility index (Phi) is 6.09. The van der Waals surface area contributed by atoms with Gasteiger partial charge in [-0.15, -0.1) is 11.8 Å². The van der Waals surface area contributed by atoms with Crippen LogP contribution in [0.25, 0.3) is 10.2 Å². The maximum Gasteiger partial charge on any atom is 0.233 e. The van der Waals surface area contributed by atoms with E-state index in [-0.39, 0.29) is 5.91 Å². The Morgan fingerprint density at radius 1 is 1.14 bits per heavy atom. The summed E-state index contributed by atoms with van der Waals surface area (Å²) in [6, 6.07) is 14.1. The van der Waals surface area contributed by atoms with Crippen molar-refractivity contribution in [2.75, 3.05) is 36.8 Å². The zero-order chi connectivity index (χ0) is 19.5. The minimum atomic E-state index is 0.191. The van der Waals surface area contributed by atoms with Gasteiger partial charge in [0.25, 0.3) is 0 Å². The standard InChI is InChI=1S/C21H22ClN3OS2/c1-2-15-3-8-18-19(13-15)28-21(23-18)25-11-9-24(10-12-25)20(26)14-27-17-6-4-16(22)5-7-17/h3-8,13H,2,9-12,14H2,1H3. The van der Waals surface area contributed by atoms with Crippen molar-refractivity contribution in [3.8, 4) is 0 Å². The van der Waals surface area contributed by atoms with Crippen LogP contribution >= 0.6 is 34.7 Å². The zero-order valence-corrected chi connectivity index (χ0v) is 18.1. The summed E-state index contributed by atoms with van der Waals surface area (Å²) in [5, 5.41) is 1.78. The molecule has 0 saturated carbocycles. The number of carbonyl (C=O) groups is 1.